The number of pyridine rings is 1. The Bertz CT molecular complexity index is 1020. The SMILES string of the molecule is COc1cc(NC(=O)C(=O)NC(C)(C)CCOc2cccnc2)ccc1-c1cocn1. The molecule has 0 unspecified atom stereocenters. The zero-order chi connectivity index (χ0) is 22.3. The topological polar surface area (TPSA) is 116 Å². The van der Waals surface area contributed by atoms with Crippen LogP contribution in [0.4, 0.5) is 5.69 Å². The fourth-order valence-electron chi connectivity index (χ4n) is 2.80. The summed E-state index contributed by atoms with van der Waals surface area (Å²) in [5.41, 5.74) is 1.07. The van der Waals surface area contributed by atoms with Gasteiger partial charge in [-0.3, -0.25) is 14.6 Å². The van der Waals surface area contributed by atoms with Crippen LogP contribution in [0.25, 0.3) is 11.3 Å². The van der Waals surface area contributed by atoms with Crippen molar-refractivity contribution in [2.45, 2.75) is 25.8 Å². The van der Waals surface area contributed by atoms with Gasteiger partial charge in [0, 0.05) is 35.5 Å². The molecule has 3 aromatic rings. The molecule has 0 atom stereocenters. The number of benzene rings is 1. The number of hydrogen-bond donors (Lipinski definition) is 2. The van der Waals surface area contributed by atoms with E-state index in [0.717, 1.165) is 0 Å². The van der Waals surface area contributed by atoms with Gasteiger partial charge in [-0.05, 0) is 38.1 Å². The van der Waals surface area contributed by atoms with E-state index in [2.05, 4.69) is 20.6 Å². The number of nitrogens with one attached hydrogen (secondary N) is 2. The van der Waals surface area contributed by atoms with E-state index in [1.807, 2.05) is 13.8 Å². The summed E-state index contributed by atoms with van der Waals surface area (Å²) in [7, 11) is 1.51. The Hall–Kier alpha value is -3.88. The Morgan fingerprint density at radius 2 is 2.03 bits per heavy atom. The molecule has 31 heavy (non-hydrogen) atoms. The van der Waals surface area contributed by atoms with Crippen LogP contribution in [0.15, 0.2) is 59.8 Å². The maximum Gasteiger partial charge on any atom is 0.313 e. The Labute approximate surface area is 179 Å². The second kappa shape index (κ2) is 9.75. The van der Waals surface area contributed by atoms with E-state index in [-0.39, 0.29) is 0 Å². The number of rotatable bonds is 8. The average Bonchev–Trinajstić information content (AvgIpc) is 3.28. The van der Waals surface area contributed by atoms with Gasteiger partial charge in [0.2, 0.25) is 0 Å². The summed E-state index contributed by atoms with van der Waals surface area (Å²) < 4.78 is 16.0. The van der Waals surface area contributed by atoms with E-state index >= 15 is 0 Å². The minimum atomic E-state index is -0.780. The summed E-state index contributed by atoms with van der Waals surface area (Å²) in [6, 6.07) is 8.57. The highest BCUT2D eigenvalue weighted by Crippen LogP contribution is 2.31. The van der Waals surface area contributed by atoms with Crippen molar-refractivity contribution in [2.75, 3.05) is 19.0 Å². The molecule has 2 N–H and O–H groups in total. The largest absolute Gasteiger partial charge is 0.496 e. The highest BCUT2D eigenvalue weighted by Gasteiger charge is 2.25. The maximum atomic E-state index is 12.4. The van der Waals surface area contributed by atoms with Crippen LogP contribution in [-0.2, 0) is 9.59 Å². The van der Waals surface area contributed by atoms with Crippen molar-refractivity contribution in [1.82, 2.24) is 15.3 Å². The molecule has 0 aliphatic rings. The molecule has 0 bridgehead atoms. The number of carbonyl (C=O) groups is 2. The zero-order valence-corrected chi connectivity index (χ0v) is 17.5. The Morgan fingerprint density at radius 1 is 1.19 bits per heavy atom. The predicted molar refractivity (Wildman–Crippen MR) is 114 cm³/mol. The Kier molecular flexibility index (Phi) is 6.86. The lowest BCUT2D eigenvalue weighted by molar-refractivity contribution is -0.137. The van der Waals surface area contributed by atoms with Gasteiger partial charge in [0.1, 0.15) is 23.5 Å². The highest BCUT2D eigenvalue weighted by atomic mass is 16.5. The van der Waals surface area contributed by atoms with Gasteiger partial charge in [0.25, 0.3) is 0 Å². The van der Waals surface area contributed by atoms with Crippen LogP contribution in [0, 0.1) is 0 Å². The molecule has 3 rings (SSSR count). The molecule has 0 saturated carbocycles. The first-order chi connectivity index (χ1) is 14.9. The number of oxazole rings is 1. The summed E-state index contributed by atoms with van der Waals surface area (Å²) in [6.07, 6.45) is 6.58. The maximum absolute atomic E-state index is 12.4. The summed E-state index contributed by atoms with van der Waals surface area (Å²) in [4.78, 5) is 32.8. The number of nitrogens with zero attached hydrogens (tertiary/aromatic N) is 2. The lowest BCUT2D eigenvalue weighted by Gasteiger charge is -2.26. The third-order valence-corrected chi connectivity index (χ3v) is 4.46. The van der Waals surface area contributed by atoms with Gasteiger partial charge in [-0.15, -0.1) is 0 Å². The predicted octanol–water partition coefficient (Wildman–Crippen LogP) is 3.05. The van der Waals surface area contributed by atoms with Gasteiger partial charge in [-0.25, -0.2) is 4.98 Å². The van der Waals surface area contributed by atoms with E-state index in [9.17, 15) is 9.59 Å². The molecule has 2 aromatic heterocycles. The van der Waals surface area contributed by atoms with Crippen molar-refractivity contribution in [2.24, 2.45) is 0 Å². The number of amides is 2. The highest BCUT2D eigenvalue weighted by molar-refractivity contribution is 6.39. The van der Waals surface area contributed by atoms with Gasteiger partial charge < -0.3 is 24.5 Å². The number of ether oxygens (including phenoxy) is 2. The molecule has 2 heterocycles. The standard InChI is InChI=1S/C22H24N4O5/c1-22(2,8-10-31-16-5-4-9-23-12-16)26-21(28)20(27)25-15-6-7-17(19(11-15)29-3)18-13-30-14-24-18/h4-7,9,11-14H,8,10H2,1-3H3,(H,25,27)(H,26,28). The first-order valence-corrected chi connectivity index (χ1v) is 9.61. The molecule has 0 spiro atoms. The minimum absolute atomic E-state index is 0.362. The van der Waals surface area contributed by atoms with Gasteiger partial charge in [0.15, 0.2) is 6.39 Å². The molecular formula is C22H24N4O5. The van der Waals surface area contributed by atoms with E-state index in [1.54, 1.807) is 42.7 Å². The molecule has 2 amide bonds. The number of hydrogen-bond acceptors (Lipinski definition) is 7. The molecular weight excluding hydrogens is 400 g/mol. The second-order valence-corrected chi connectivity index (χ2v) is 7.37. The van der Waals surface area contributed by atoms with Crippen LogP contribution in [0.2, 0.25) is 0 Å². The lowest BCUT2D eigenvalue weighted by atomic mass is 10.0. The summed E-state index contributed by atoms with van der Waals surface area (Å²) in [5, 5.41) is 5.30. The summed E-state index contributed by atoms with van der Waals surface area (Å²) in [5.74, 6) is -0.395. The first kappa shape index (κ1) is 21.8. The number of carbonyl (C=O) groups excluding carboxylic acids is 2. The van der Waals surface area contributed by atoms with Crippen molar-refractivity contribution in [3.8, 4) is 22.8 Å². The third-order valence-electron chi connectivity index (χ3n) is 4.46. The summed E-state index contributed by atoms with van der Waals surface area (Å²) in [6.45, 7) is 4.00. The van der Waals surface area contributed by atoms with E-state index < -0.39 is 17.4 Å². The molecule has 162 valence electrons. The number of anilines is 1. The normalized spacial score (nSPS) is 10.9. The molecule has 0 aliphatic heterocycles. The van der Waals surface area contributed by atoms with Crippen molar-refractivity contribution in [3.05, 3.63) is 55.4 Å². The van der Waals surface area contributed by atoms with Crippen molar-refractivity contribution in [1.29, 1.82) is 0 Å². The fraction of sp³-hybridized carbons (Fsp3) is 0.273. The Balaban J connectivity index is 1.55. The van der Waals surface area contributed by atoms with Crippen LogP contribution < -0.4 is 20.1 Å². The van der Waals surface area contributed by atoms with Gasteiger partial charge in [0.05, 0.1) is 19.9 Å². The minimum Gasteiger partial charge on any atom is -0.496 e. The third kappa shape index (κ3) is 6.05. The Morgan fingerprint density at radius 3 is 2.71 bits per heavy atom. The summed E-state index contributed by atoms with van der Waals surface area (Å²) >= 11 is 0. The zero-order valence-electron chi connectivity index (χ0n) is 17.5. The quantitative estimate of drug-likeness (QED) is 0.534. The van der Waals surface area contributed by atoms with Crippen LogP contribution in [0.5, 0.6) is 11.5 Å². The molecule has 0 fully saturated rings. The smallest absolute Gasteiger partial charge is 0.313 e. The number of aromatic nitrogens is 2. The molecule has 0 aliphatic carbocycles. The average molecular weight is 424 g/mol. The fourth-order valence-corrected chi connectivity index (χ4v) is 2.80. The first-order valence-electron chi connectivity index (χ1n) is 9.61. The monoisotopic (exact) mass is 424 g/mol. The molecule has 0 saturated heterocycles. The van der Waals surface area contributed by atoms with Crippen LogP contribution >= 0.6 is 0 Å². The van der Waals surface area contributed by atoms with Crippen molar-refractivity contribution < 1.29 is 23.5 Å². The number of methoxy groups -OCH3 is 1. The van der Waals surface area contributed by atoms with E-state index in [1.165, 1.54) is 19.8 Å². The van der Waals surface area contributed by atoms with Gasteiger partial charge in [-0.1, -0.05) is 0 Å². The van der Waals surface area contributed by atoms with Gasteiger partial charge >= 0.3 is 11.8 Å². The van der Waals surface area contributed by atoms with E-state index in [0.29, 0.717) is 41.5 Å². The van der Waals surface area contributed by atoms with Gasteiger partial charge in [-0.2, -0.15) is 0 Å². The van der Waals surface area contributed by atoms with Crippen molar-refractivity contribution >= 4 is 17.5 Å². The molecule has 9 heteroatoms. The van der Waals surface area contributed by atoms with Crippen LogP contribution in [-0.4, -0.2) is 41.0 Å². The van der Waals surface area contributed by atoms with E-state index in [4.69, 9.17) is 13.9 Å². The second-order valence-electron chi connectivity index (χ2n) is 7.37. The molecule has 1 aromatic carbocycles. The van der Waals surface area contributed by atoms with Crippen molar-refractivity contribution in [3.63, 3.8) is 0 Å². The lowest BCUT2D eigenvalue weighted by Crippen LogP contribution is -2.48. The molecule has 0 radical (unpaired) electrons. The molecule has 9 nitrogen and oxygen atoms in total. The van der Waals surface area contributed by atoms with Crippen LogP contribution in [0.3, 0.4) is 0 Å². The van der Waals surface area contributed by atoms with Crippen LogP contribution in [0.1, 0.15) is 20.3 Å².